The van der Waals surface area contributed by atoms with Gasteiger partial charge in [-0.25, -0.2) is 4.39 Å². The highest BCUT2D eigenvalue weighted by Gasteiger charge is 2.27. The molecule has 0 heterocycles. The molecular weight excluding hydrogens is 243 g/mol. The van der Waals surface area contributed by atoms with Gasteiger partial charge in [-0.1, -0.05) is 24.6 Å². The third-order valence-corrected chi connectivity index (χ3v) is 3.21. The number of nitrogens with one attached hydrogen (secondary N) is 1. The zero-order valence-electron chi connectivity index (χ0n) is 9.89. The molecular formula is C12H16ClFN2O. The van der Waals surface area contributed by atoms with E-state index in [1.165, 1.54) is 12.1 Å². The van der Waals surface area contributed by atoms with Crippen molar-refractivity contribution in [1.29, 1.82) is 0 Å². The van der Waals surface area contributed by atoms with E-state index in [1.807, 2.05) is 6.92 Å². The van der Waals surface area contributed by atoms with Crippen molar-refractivity contribution in [2.45, 2.75) is 32.4 Å². The Balaban J connectivity index is 2.73. The van der Waals surface area contributed by atoms with Gasteiger partial charge < -0.3 is 5.73 Å². The van der Waals surface area contributed by atoms with Crippen LogP contribution in [0.1, 0.15) is 25.8 Å². The van der Waals surface area contributed by atoms with Crippen LogP contribution in [0.4, 0.5) is 4.39 Å². The zero-order chi connectivity index (χ0) is 13.1. The van der Waals surface area contributed by atoms with E-state index in [0.29, 0.717) is 13.0 Å². The van der Waals surface area contributed by atoms with E-state index < -0.39 is 17.3 Å². The Morgan fingerprint density at radius 3 is 2.71 bits per heavy atom. The van der Waals surface area contributed by atoms with Crippen LogP contribution in [0.15, 0.2) is 18.2 Å². The summed E-state index contributed by atoms with van der Waals surface area (Å²) < 4.78 is 12.9. The standard InChI is InChI=1S/C12H16ClFN2O/c1-3-12(2,11(15)17)16-7-8-4-5-10(14)9(13)6-8/h4-6,16H,3,7H2,1-2H3,(H2,15,17)/t12-/m1/s1. The van der Waals surface area contributed by atoms with Crippen LogP contribution in [0.3, 0.4) is 0 Å². The topological polar surface area (TPSA) is 55.1 Å². The van der Waals surface area contributed by atoms with E-state index in [9.17, 15) is 9.18 Å². The molecule has 3 nitrogen and oxygen atoms in total. The molecule has 1 aromatic carbocycles. The van der Waals surface area contributed by atoms with Gasteiger partial charge in [0.25, 0.3) is 0 Å². The number of rotatable bonds is 5. The minimum atomic E-state index is -0.763. The van der Waals surface area contributed by atoms with Crippen LogP contribution >= 0.6 is 11.6 Å². The largest absolute Gasteiger partial charge is 0.368 e. The number of primary amides is 1. The molecule has 0 aliphatic rings. The molecule has 94 valence electrons. The molecule has 0 aliphatic carbocycles. The van der Waals surface area contributed by atoms with Gasteiger partial charge in [-0.05, 0) is 31.0 Å². The number of carbonyl (C=O) groups is 1. The highest BCUT2D eigenvalue weighted by Crippen LogP contribution is 2.17. The predicted octanol–water partition coefficient (Wildman–Crippen LogP) is 2.22. The van der Waals surface area contributed by atoms with Crippen molar-refractivity contribution >= 4 is 17.5 Å². The molecule has 3 N–H and O–H groups in total. The Kier molecular flexibility index (Phi) is 4.48. The maximum atomic E-state index is 12.9. The van der Waals surface area contributed by atoms with E-state index in [2.05, 4.69) is 5.32 Å². The second-order valence-electron chi connectivity index (χ2n) is 4.15. The van der Waals surface area contributed by atoms with Gasteiger partial charge in [-0.2, -0.15) is 0 Å². The lowest BCUT2D eigenvalue weighted by atomic mass is 9.97. The molecule has 0 aromatic heterocycles. The first kappa shape index (κ1) is 13.9. The number of halogens is 2. The molecule has 0 saturated heterocycles. The summed E-state index contributed by atoms with van der Waals surface area (Å²) in [5, 5.41) is 3.12. The molecule has 17 heavy (non-hydrogen) atoms. The molecule has 0 unspecified atom stereocenters. The van der Waals surface area contributed by atoms with Crippen LogP contribution in [-0.4, -0.2) is 11.4 Å². The highest BCUT2D eigenvalue weighted by molar-refractivity contribution is 6.30. The zero-order valence-corrected chi connectivity index (χ0v) is 10.6. The first-order valence-electron chi connectivity index (χ1n) is 5.38. The van der Waals surface area contributed by atoms with E-state index in [4.69, 9.17) is 17.3 Å². The van der Waals surface area contributed by atoms with Crippen molar-refractivity contribution in [3.63, 3.8) is 0 Å². The third-order valence-electron chi connectivity index (χ3n) is 2.92. The molecule has 0 fully saturated rings. The molecule has 1 rings (SSSR count). The van der Waals surface area contributed by atoms with Crippen LogP contribution in [0.2, 0.25) is 5.02 Å². The lowest BCUT2D eigenvalue weighted by Crippen LogP contribution is -2.52. The number of nitrogens with two attached hydrogens (primary N) is 1. The lowest BCUT2D eigenvalue weighted by molar-refractivity contribution is -0.124. The van der Waals surface area contributed by atoms with Crippen molar-refractivity contribution in [2.24, 2.45) is 5.73 Å². The summed E-state index contributed by atoms with van der Waals surface area (Å²) in [4.78, 5) is 11.3. The minimum Gasteiger partial charge on any atom is -0.368 e. The second kappa shape index (κ2) is 5.47. The second-order valence-corrected chi connectivity index (χ2v) is 4.56. The SMILES string of the molecule is CC[C@@](C)(NCc1ccc(F)c(Cl)c1)C(N)=O. The fraction of sp³-hybridized carbons (Fsp3) is 0.417. The fourth-order valence-corrected chi connectivity index (χ4v) is 1.54. The number of hydrogen-bond donors (Lipinski definition) is 2. The van der Waals surface area contributed by atoms with Crippen LogP contribution in [0.5, 0.6) is 0 Å². The average Bonchev–Trinajstić information content (AvgIpc) is 2.30. The summed E-state index contributed by atoms with van der Waals surface area (Å²) >= 11 is 5.67. The fourth-order valence-electron chi connectivity index (χ4n) is 1.33. The maximum absolute atomic E-state index is 12.9. The molecule has 0 aliphatic heterocycles. The number of benzene rings is 1. The lowest BCUT2D eigenvalue weighted by Gasteiger charge is -2.26. The Morgan fingerprint density at radius 2 is 2.24 bits per heavy atom. The normalized spacial score (nSPS) is 14.4. The molecule has 0 bridgehead atoms. The third kappa shape index (κ3) is 3.41. The first-order chi connectivity index (χ1) is 7.89. The summed E-state index contributed by atoms with van der Waals surface area (Å²) in [6, 6.07) is 4.44. The van der Waals surface area contributed by atoms with Crippen molar-refractivity contribution in [2.75, 3.05) is 0 Å². The van der Waals surface area contributed by atoms with Gasteiger partial charge in [-0.15, -0.1) is 0 Å². The van der Waals surface area contributed by atoms with E-state index >= 15 is 0 Å². The Bertz CT molecular complexity index is 425. The predicted molar refractivity (Wildman–Crippen MR) is 66.1 cm³/mol. The van der Waals surface area contributed by atoms with Gasteiger partial charge in [0.05, 0.1) is 10.6 Å². The summed E-state index contributed by atoms with van der Waals surface area (Å²) in [6.45, 7) is 4.02. The smallest absolute Gasteiger partial charge is 0.237 e. The Hall–Kier alpha value is -1.13. The van der Waals surface area contributed by atoms with Crippen LogP contribution in [-0.2, 0) is 11.3 Å². The van der Waals surface area contributed by atoms with E-state index in [0.717, 1.165) is 5.56 Å². The first-order valence-corrected chi connectivity index (χ1v) is 5.75. The van der Waals surface area contributed by atoms with Gasteiger partial charge in [0.2, 0.25) is 5.91 Å². The molecule has 1 atom stereocenters. The minimum absolute atomic E-state index is 0.0709. The Morgan fingerprint density at radius 1 is 1.59 bits per heavy atom. The average molecular weight is 259 g/mol. The molecule has 1 aromatic rings. The number of carbonyl (C=O) groups excluding carboxylic acids is 1. The van der Waals surface area contributed by atoms with E-state index in [1.54, 1.807) is 13.0 Å². The molecule has 5 heteroatoms. The summed E-state index contributed by atoms with van der Waals surface area (Å²) in [5.74, 6) is -0.864. The molecule has 0 radical (unpaired) electrons. The summed E-state index contributed by atoms with van der Waals surface area (Å²) in [6.07, 6.45) is 0.581. The van der Waals surface area contributed by atoms with Crippen LogP contribution in [0.25, 0.3) is 0 Å². The van der Waals surface area contributed by atoms with Gasteiger partial charge in [0.1, 0.15) is 5.82 Å². The maximum Gasteiger partial charge on any atom is 0.237 e. The molecule has 0 saturated carbocycles. The van der Waals surface area contributed by atoms with Crippen molar-refractivity contribution < 1.29 is 9.18 Å². The van der Waals surface area contributed by atoms with Crippen molar-refractivity contribution in [1.82, 2.24) is 5.32 Å². The summed E-state index contributed by atoms with van der Waals surface area (Å²) in [7, 11) is 0. The van der Waals surface area contributed by atoms with Gasteiger partial charge >= 0.3 is 0 Å². The van der Waals surface area contributed by atoms with Crippen molar-refractivity contribution in [3.8, 4) is 0 Å². The molecule has 1 amide bonds. The van der Waals surface area contributed by atoms with Crippen LogP contribution < -0.4 is 11.1 Å². The monoisotopic (exact) mass is 258 g/mol. The van der Waals surface area contributed by atoms with Gasteiger partial charge in [-0.3, -0.25) is 10.1 Å². The number of hydrogen-bond acceptors (Lipinski definition) is 2. The highest BCUT2D eigenvalue weighted by atomic mass is 35.5. The van der Waals surface area contributed by atoms with E-state index in [-0.39, 0.29) is 5.02 Å². The van der Waals surface area contributed by atoms with Crippen LogP contribution in [0, 0.1) is 5.82 Å². The van der Waals surface area contributed by atoms with Gasteiger partial charge in [0.15, 0.2) is 0 Å². The van der Waals surface area contributed by atoms with Gasteiger partial charge in [0, 0.05) is 6.54 Å². The molecule has 0 spiro atoms. The van der Waals surface area contributed by atoms with Crippen molar-refractivity contribution in [3.05, 3.63) is 34.6 Å². The Labute approximate surface area is 105 Å². The quantitative estimate of drug-likeness (QED) is 0.851. The number of amides is 1. The summed E-state index contributed by atoms with van der Waals surface area (Å²) in [5.41, 5.74) is 5.35.